The maximum atomic E-state index is 11.8. The van der Waals surface area contributed by atoms with Crippen molar-refractivity contribution in [2.45, 2.75) is 46.6 Å². The fourth-order valence-corrected chi connectivity index (χ4v) is 2.32. The van der Waals surface area contributed by atoms with Gasteiger partial charge in [0, 0.05) is 5.02 Å². The first-order chi connectivity index (χ1) is 10.5. The van der Waals surface area contributed by atoms with Crippen molar-refractivity contribution in [1.29, 1.82) is 0 Å². The first-order valence-corrected chi connectivity index (χ1v) is 8.18. The van der Waals surface area contributed by atoms with E-state index in [2.05, 4.69) is 0 Å². The average Bonchev–Trinajstić information content (AvgIpc) is 2.39. The van der Waals surface area contributed by atoms with Gasteiger partial charge in [-0.25, -0.2) is 0 Å². The van der Waals surface area contributed by atoms with E-state index in [0.29, 0.717) is 5.02 Å². The molecule has 0 aromatic heterocycles. The van der Waals surface area contributed by atoms with Gasteiger partial charge in [0.15, 0.2) is 5.75 Å². The average molecular weight is 382 g/mol. The second-order valence-corrected chi connectivity index (χ2v) is 7.42. The molecule has 0 aliphatic carbocycles. The summed E-state index contributed by atoms with van der Waals surface area (Å²) in [5.74, 6) is -1.06. The molecule has 0 aliphatic rings. The second-order valence-electron chi connectivity index (χ2n) is 6.17. The molecule has 0 fully saturated rings. The summed E-state index contributed by atoms with van der Waals surface area (Å²) >= 11 is 17.6. The highest BCUT2D eigenvalue weighted by molar-refractivity contribution is 6.40. The van der Waals surface area contributed by atoms with Gasteiger partial charge in [-0.1, -0.05) is 55.6 Å². The molecule has 1 unspecified atom stereocenters. The van der Waals surface area contributed by atoms with Crippen molar-refractivity contribution in [2.24, 2.45) is 5.41 Å². The normalized spacial score (nSPS) is 12.7. The molecule has 0 radical (unpaired) electrons. The quantitative estimate of drug-likeness (QED) is 0.512. The van der Waals surface area contributed by atoms with E-state index in [4.69, 9.17) is 44.3 Å². The number of hydrogen-bond acceptors (Lipinski definition) is 4. The molecule has 1 atom stereocenters. The summed E-state index contributed by atoms with van der Waals surface area (Å²) in [6, 6.07) is 2.83. The third-order valence-corrected chi connectivity index (χ3v) is 4.02. The molecule has 1 rings (SSSR count). The first-order valence-electron chi connectivity index (χ1n) is 7.05. The van der Waals surface area contributed by atoms with Crippen LogP contribution in [0.1, 0.15) is 40.5 Å². The topological polar surface area (TPSA) is 52.6 Å². The standard InChI is InChI=1S/C16H19Cl3O4/c1-9(16(2,3)4)22-13(20)5-6-14(21)23-15-11(18)7-10(17)8-12(15)19/h7-9H,5-6H2,1-4H3. The Labute approximate surface area is 151 Å². The van der Waals surface area contributed by atoms with E-state index >= 15 is 0 Å². The number of ether oxygens (including phenoxy) is 2. The molecule has 0 N–H and O–H groups in total. The van der Waals surface area contributed by atoms with E-state index in [9.17, 15) is 9.59 Å². The van der Waals surface area contributed by atoms with Gasteiger partial charge in [0.05, 0.1) is 22.9 Å². The van der Waals surface area contributed by atoms with Crippen molar-refractivity contribution in [3.05, 3.63) is 27.2 Å². The van der Waals surface area contributed by atoms with Crippen LogP contribution in [0.2, 0.25) is 15.1 Å². The van der Waals surface area contributed by atoms with Crippen LogP contribution in [-0.2, 0) is 14.3 Å². The summed E-state index contributed by atoms with van der Waals surface area (Å²) in [6.45, 7) is 7.70. The summed E-state index contributed by atoms with van der Waals surface area (Å²) in [4.78, 5) is 23.5. The second kappa shape index (κ2) is 8.22. The van der Waals surface area contributed by atoms with Crippen LogP contribution in [0, 0.1) is 5.41 Å². The Balaban J connectivity index is 2.54. The fraction of sp³-hybridized carbons (Fsp3) is 0.500. The molecule has 0 amide bonds. The van der Waals surface area contributed by atoms with E-state index in [0.717, 1.165) is 0 Å². The molecule has 0 aliphatic heterocycles. The largest absolute Gasteiger partial charge is 0.462 e. The fourth-order valence-electron chi connectivity index (χ4n) is 1.43. The summed E-state index contributed by atoms with van der Waals surface area (Å²) in [7, 11) is 0. The molecule has 1 aromatic carbocycles. The monoisotopic (exact) mass is 380 g/mol. The summed E-state index contributed by atoms with van der Waals surface area (Å²) in [5.41, 5.74) is -0.166. The van der Waals surface area contributed by atoms with Crippen LogP contribution in [0.5, 0.6) is 5.75 Å². The third kappa shape index (κ3) is 6.58. The van der Waals surface area contributed by atoms with E-state index in [-0.39, 0.29) is 40.2 Å². The molecule has 0 heterocycles. The predicted molar refractivity (Wildman–Crippen MR) is 91.4 cm³/mol. The number of carbonyl (C=O) groups is 2. The van der Waals surface area contributed by atoms with Gasteiger partial charge in [-0.3, -0.25) is 9.59 Å². The lowest BCUT2D eigenvalue weighted by atomic mass is 9.90. The van der Waals surface area contributed by atoms with Crippen LogP contribution in [-0.4, -0.2) is 18.0 Å². The minimum atomic E-state index is -0.628. The van der Waals surface area contributed by atoms with E-state index in [1.807, 2.05) is 27.7 Å². The van der Waals surface area contributed by atoms with E-state index < -0.39 is 11.9 Å². The summed E-state index contributed by atoms with van der Waals surface area (Å²) in [6.07, 6.45) is -0.473. The lowest BCUT2D eigenvalue weighted by Crippen LogP contribution is -2.29. The highest BCUT2D eigenvalue weighted by Gasteiger charge is 2.24. The molecule has 0 saturated heterocycles. The highest BCUT2D eigenvalue weighted by Crippen LogP contribution is 2.36. The van der Waals surface area contributed by atoms with Crippen LogP contribution in [0.15, 0.2) is 12.1 Å². The van der Waals surface area contributed by atoms with Gasteiger partial charge in [0.25, 0.3) is 0 Å². The van der Waals surface area contributed by atoms with E-state index in [1.165, 1.54) is 12.1 Å². The molecule has 4 nitrogen and oxygen atoms in total. The first kappa shape index (κ1) is 20.1. The summed E-state index contributed by atoms with van der Waals surface area (Å²) < 4.78 is 10.3. The van der Waals surface area contributed by atoms with Gasteiger partial charge in [0.1, 0.15) is 6.10 Å². The Hall–Kier alpha value is -0.970. The number of benzene rings is 1. The smallest absolute Gasteiger partial charge is 0.311 e. The third-order valence-electron chi connectivity index (χ3n) is 3.24. The molecule has 23 heavy (non-hydrogen) atoms. The Morgan fingerprint density at radius 2 is 1.52 bits per heavy atom. The molecule has 0 bridgehead atoms. The van der Waals surface area contributed by atoms with Crippen LogP contribution in [0.25, 0.3) is 0 Å². The molecule has 128 valence electrons. The van der Waals surface area contributed by atoms with Gasteiger partial charge in [-0.2, -0.15) is 0 Å². The van der Waals surface area contributed by atoms with Crippen LogP contribution >= 0.6 is 34.8 Å². The Morgan fingerprint density at radius 1 is 1.04 bits per heavy atom. The van der Waals surface area contributed by atoms with Crippen molar-refractivity contribution in [1.82, 2.24) is 0 Å². The lowest BCUT2D eigenvalue weighted by Gasteiger charge is -2.26. The SMILES string of the molecule is CC(OC(=O)CCC(=O)Oc1c(Cl)cc(Cl)cc1Cl)C(C)(C)C. The van der Waals surface area contributed by atoms with Gasteiger partial charge in [-0.15, -0.1) is 0 Å². The van der Waals surface area contributed by atoms with E-state index in [1.54, 1.807) is 0 Å². The predicted octanol–water partition coefficient (Wildman–Crippen LogP) is 5.31. The van der Waals surface area contributed by atoms with Crippen LogP contribution in [0.3, 0.4) is 0 Å². The number of halogens is 3. The molecular formula is C16H19Cl3O4. The molecule has 0 spiro atoms. The Bertz CT molecular complexity index is 570. The number of rotatable bonds is 5. The number of hydrogen-bond donors (Lipinski definition) is 0. The van der Waals surface area contributed by atoms with Crippen LogP contribution < -0.4 is 4.74 Å². The number of carbonyl (C=O) groups excluding carboxylic acids is 2. The van der Waals surface area contributed by atoms with Crippen molar-refractivity contribution in [3.63, 3.8) is 0 Å². The zero-order valence-electron chi connectivity index (χ0n) is 13.4. The maximum absolute atomic E-state index is 11.8. The zero-order valence-corrected chi connectivity index (χ0v) is 15.7. The van der Waals surface area contributed by atoms with Crippen molar-refractivity contribution >= 4 is 46.7 Å². The van der Waals surface area contributed by atoms with Crippen molar-refractivity contribution < 1.29 is 19.1 Å². The molecule has 7 heteroatoms. The Morgan fingerprint density at radius 3 is 2.00 bits per heavy atom. The molecule has 1 aromatic rings. The molecule has 0 saturated carbocycles. The molecular weight excluding hydrogens is 363 g/mol. The van der Waals surface area contributed by atoms with Gasteiger partial charge in [0.2, 0.25) is 0 Å². The minimum absolute atomic E-state index is 0.0270. The van der Waals surface area contributed by atoms with Crippen molar-refractivity contribution in [2.75, 3.05) is 0 Å². The van der Waals surface area contributed by atoms with Gasteiger partial charge >= 0.3 is 11.9 Å². The maximum Gasteiger partial charge on any atom is 0.311 e. The highest BCUT2D eigenvalue weighted by atomic mass is 35.5. The minimum Gasteiger partial charge on any atom is -0.462 e. The zero-order chi connectivity index (χ0) is 17.8. The lowest BCUT2D eigenvalue weighted by molar-refractivity contribution is -0.155. The summed E-state index contributed by atoms with van der Waals surface area (Å²) in [5, 5.41) is 0.583. The van der Waals surface area contributed by atoms with Gasteiger partial charge < -0.3 is 9.47 Å². The van der Waals surface area contributed by atoms with Crippen LogP contribution in [0.4, 0.5) is 0 Å². The number of esters is 2. The Kier molecular flexibility index (Phi) is 7.18. The van der Waals surface area contributed by atoms with Crippen molar-refractivity contribution in [3.8, 4) is 5.75 Å². The van der Waals surface area contributed by atoms with Gasteiger partial charge in [-0.05, 0) is 24.5 Å².